The van der Waals surface area contributed by atoms with Gasteiger partial charge in [-0.2, -0.15) is 0 Å². The van der Waals surface area contributed by atoms with Crippen molar-refractivity contribution in [2.75, 3.05) is 48.0 Å². The number of hydrogen-bond donors (Lipinski definition) is 0. The molecule has 3 aliphatic rings. The third-order valence-electron chi connectivity index (χ3n) is 6.24. The Kier molecular flexibility index (Phi) is 5.52. The normalized spacial score (nSPS) is 32.3. The minimum Gasteiger partial charge on any atom is -0.347 e. The Labute approximate surface area is 152 Å². The van der Waals surface area contributed by atoms with Crippen LogP contribution < -0.4 is 0 Å². The molecule has 1 saturated carbocycles. The fraction of sp³-hybridized carbons (Fsp3) is 0.889. The Hall–Kier alpha value is -0.230. The summed E-state index contributed by atoms with van der Waals surface area (Å²) in [6.45, 7) is 3.87. The molecule has 3 rings (SSSR count). The van der Waals surface area contributed by atoms with Crippen LogP contribution in [0.4, 0.5) is 0 Å². The standard InChI is InChI=1S/C18H33N2O4P/c1-15-8-10-17(14-24-25(21,19(2)3)20(4)5)16(13-15)7-6-9-18(17)22-11-12-23-18/h8,16H,6-7,9-14H2,1-5H3/t16-,17-/m0/s1. The van der Waals surface area contributed by atoms with Gasteiger partial charge in [0.25, 0.3) is 0 Å². The van der Waals surface area contributed by atoms with Crippen molar-refractivity contribution >= 4 is 7.67 Å². The quantitative estimate of drug-likeness (QED) is 0.544. The third kappa shape index (κ3) is 3.15. The van der Waals surface area contributed by atoms with Gasteiger partial charge in [0, 0.05) is 6.42 Å². The lowest BCUT2D eigenvalue weighted by atomic mass is 9.57. The fourth-order valence-electron chi connectivity index (χ4n) is 4.83. The van der Waals surface area contributed by atoms with Crippen LogP contribution in [-0.2, 0) is 18.6 Å². The van der Waals surface area contributed by atoms with Crippen molar-refractivity contribution in [3.63, 3.8) is 0 Å². The SMILES string of the molecule is CC1=CC[C@]2(COP(=O)(N(C)C)N(C)C)[C@@H](CCCC23OCCO3)C1. The van der Waals surface area contributed by atoms with E-state index in [0.29, 0.717) is 25.7 Å². The summed E-state index contributed by atoms with van der Waals surface area (Å²) in [7, 11) is 4.19. The van der Waals surface area contributed by atoms with Crippen LogP contribution in [0, 0.1) is 11.3 Å². The summed E-state index contributed by atoms with van der Waals surface area (Å²) in [5.41, 5.74) is 1.17. The maximum Gasteiger partial charge on any atom is 0.345 e. The molecule has 0 aromatic heterocycles. The van der Waals surface area contributed by atoms with Crippen LogP contribution in [0.15, 0.2) is 11.6 Å². The van der Waals surface area contributed by atoms with E-state index in [1.54, 1.807) is 37.5 Å². The zero-order valence-electron chi connectivity index (χ0n) is 16.3. The van der Waals surface area contributed by atoms with Gasteiger partial charge in [-0.05, 0) is 66.7 Å². The molecule has 0 bridgehead atoms. The number of fused-ring (bicyclic) bond motifs is 2. The minimum atomic E-state index is -3.04. The highest BCUT2D eigenvalue weighted by Crippen LogP contribution is 2.61. The molecule has 6 nitrogen and oxygen atoms in total. The van der Waals surface area contributed by atoms with E-state index >= 15 is 0 Å². The molecule has 0 aromatic carbocycles. The van der Waals surface area contributed by atoms with Gasteiger partial charge in [-0.1, -0.05) is 11.6 Å². The second-order valence-corrected chi connectivity index (χ2v) is 11.0. The maximum atomic E-state index is 13.3. The molecule has 0 amide bonds. The largest absolute Gasteiger partial charge is 0.347 e. The fourth-order valence-corrected chi connectivity index (χ4v) is 6.40. The van der Waals surface area contributed by atoms with Crippen LogP contribution >= 0.6 is 7.67 Å². The second kappa shape index (κ2) is 7.06. The summed E-state index contributed by atoms with van der Waals surface area (Å²) in [5.74, 6) is -0.140. The molecule has 0 unspecified atom stereocenters. The van der Waals surface area contributed by atoms with Crippen LogP contribution in [0.3, 0.4) is 0 Å². The molecule has 2 aliphatic carbocycles. The Balaban J connectivity index is 1.93. The van der Waals surface area contributed by atoms with E-state index in [2.05, 4.69) is 13.0 Å². The Morgan fingerprint density at radius 1 is 1.24 bits per heavy atom. The predicted molar refractivity (Wildman–Crippen MR) is 98.3 cm³/mol. The van der Waals surface area contributed by atoms with Crippen LogP contribution in [0.2, 0.25) is 0 Å². The first-order valence-corrected chi connectivity index (χ1v) is 10.8. The molecule has 7 heteroatoms. The highest BCUT2D eigenvalue weighted by atomic mass is 31.2. The number of ether oxygens (including phenoxy) is 2. The first-order chi connectivity index (χ1) is 11.8. The third-order valence-corrected chi connectivity index (χ3v) is 8.72. The van der Waals surface area contributed by atoms with E-state index in [-0.39, 0.29) is 5.41 Å². The van der Waals surface area contributed by atoms with Crippen LogP contribution in [0.5, 0.6) is 0 Å². The molecule has 1 saturated heterocycles. The number of hydrogen-bond acceptors (Lipinski definition) is 4. The first-order valence-electron chi connectivity index (χ1n) is 9.29. The average Bonchev–Trinajstić information content (AvgIpc) is 3.03. The van der Waals surface area contributed by atoms with Crippen LogP contribution in [0.25, 0.3) is 0 Å². The highest BCUT2D eigenvalue weighted by molar-refractivity contribution is 7.53. The molecule has 0 radical (unpaired) electrons. The van der Waals surface area contributed by atoms with Gasteiger partial charge in [0.2, 0.25) is 0 Å². The van der Waals surface area contributed by atoms with Gasteiger partial charge in [-0.3, -0.25) is 4.57 Å². The van der Waals surface area contributed by atoms with Crippen LogP contribution in [-0.4, -0.2) is 63.1 Å². The summed E-state index contributed by atoms with van der Waals surface area (Å²) in [4.78, 5) is 0. The molecule has 2 fully saturated rings. The summed E-state index contributed by atoms with van der Waals surface area (Å²) < 4.78 is 35.4. The summed E-state index contributed by atoms with van der Waals surface area (Å²) in [6, 6.07) is 0. The van der Waals surface area contributed by atoms with E-state index in [9.17, 15) is 4.57 Å². The van der Waals surface area contributed by atoms with Gasteiger partial charge in [0.1, 0.15) is 0 Å². The molecule has 0 aromatic rings. The molecular formula is C18H33N2O4P. The van der Waals surface area contributed by atoms with Crippen molar-refractivity contribution in [3.05, 3.63) is 11.6 Å². The molecule has 0 N–H and O–H groups in total. The van der Waals surface area contributed by atoms with Crippen molar-refractivity contribution < 1.29 is 18.6 Å². The minimum absolute atomic E-state index is 0.261. The van der Waals surface area contributed by atoms with Crippen molar-refractivity contribution in [3.8, 4) is 0 Å². The Morgan fingerprint density at radius 3 is 2.48 bits per heavy atom. The molecular weight excluding hydrogens is 339 g/mol. The van der Waals surface area contributed by atoms with Crippen molar-refractivity contribution in [2.24, 2.45) is 11.3 Å². The van der Waals surface area contributed by atoms with Gasteiger partial charge in [-0.25, -0.2) is 9.34 Å². The zero-order valence-corrected chi connectivity index (χ0v) is 17.2. The molecule has 25 heavy (non-hydrogen) atoms. The average molecular weight is 372 g/mol. The lowest BCUT2D eigenvalue weighted by molar-refractivity contribution is -0.282. The first kappa shape index (κ1) is 19.5. The second-order valence-electron chi connectivity index (χ2n) is 8.11. The van der Waals surface area contributed by atoms with Crippen LogP contribution in [0.1, 0.15) is 39.0 Å². The zero-order chi connectivity index (χ0) is 18.3. The Morgan fingerprint density at radius 2 is 1.88 bits per heavy atom. The number of rotatable bonds is 5. The van der Waals surface area contributed by atoms with E-state index in [1.165, 1.54) is 5.57 Å². The summed E-state index contributed by atoms with van der Waals surface area (Å²) in [6.07, 6.45) is 7.37. The van der Waals surface area contributed by atoms with Gasteiger partial charge in [0.05, 0.1) is 25.2 Å². The van der Waals surface area contributed by atoms with Gasteiger partial charge in [0.15, 0.2) is 5.79 Å². The molecule has 1 heterocycles. The smallest absolute Gasteiger partial charge is 0.345 e. The van der Waals surface area contributed by atoms with Gasteiger partial charge in [-0.15, -0.1) is 0 Å². The molecule has 1 spiro atoms. The van der Waals surface area contributed by atoms with E-state index < -0.39 is 13.5 Å². The molecule has 144 valence electrons. The lowest BCUT2D eigenvalue weighted by Crippen LogP contribution is -2.59. The van der Waals surface area contributed by atoms with E-state index in [0.717, 1.165) is 32.1 Å². The lowest BCUT2D eigenvalue weighted by Gasteiger charge is -2.56. The van der Waals surface area contributed by atoms with Gasteiger partial charge >= 0.3 is 7.67 Å². The van der Waals surface area contributed by atoms with Gasteiger partial charge < -0.3 is 14.0 Å². The molecule has 1 aliphatic heterocycles. The molecule has 2 atom stereocenters. The maximum absolute atomic E-state index is 13.3. The summed E-state index contributed by atoms with van der Waals surface area (Å²) >= 11 is 0. The summed E-state index contributed by atoms with van der Waals surface area (Å²) in [5, 5.41) is 0. The van der Waals surface area contributed by atoms with Crippen molar-refractivity contribution in [1.29, 1.82) is 0 Å². The Bertz CT molecular complexity index is 559. The predicted octanol–water partition coefficient (Wildman–Crippen LogP) is 3.50. The topological polar surface area (TPSA) is 51.2 Å². The number of allylic oxidation sites excluding steroid dienone is 2. The van der Waals surface area contributed by atoms with Crippen molar-refractivity contribution in [2.45, 2.75) is 44.8 Å². The van der Waals surface area contributed by atoms with E-state index in [1.807, 2.05) is 0 Å². The van der Waals surface area contributed by atoms with E-state index in [4.69, 9.17) is 14.0 Å². The number of nitrogens with zero attached hydrogens (tertiary/aromatic N) is 2. The monoisotopic (exact) mass is 372 g/mol. The van der Waals surface area contributed by atoms with Crippen molar-refractivity contribution in [1.82, 2.24) is 9.34 Å². The highest BCUT2D eigenvalue weighted by Gasteiger charge is 2.62.